The van der Waals surface area contributed by atoms with Crippen molar-refractivity contribution in [3.63, 3.8) is 0 Å². The molecule has 1 aliphatic heterocycles. The van der Waals surface area contributed by atoms with Crippen molar-refractivity contribution in [2.75, 3.05) is 5.75 Å². The maximum absolute atomic E-state index is 11.3. The summed E-state index contributed by atoms with van der Waals surface area (Å²) in [5.41, 5.74) is 6.07. The van der Waals surface area contributed by atoms with E-state index in [1.54, 1.807) is 18.1 Å². The third kappa shape index (κ3) is 6.93. The Balaban J connectivity index is 1.34. The molecule has 5 rings (SSSR count). The average molecular weight is 545 g/mol. The maximum atomic E-state index is 11.3. The number of amides is 1. The summed E-state index contributed by atoms with van der Waals surface area (Å²) in [6.45, 7) is 2.03. The second-order valence-electron chi connectivity index (χ2n) is 9.62. The summed E-state index contributed by atoms with van der Waals surface area (Å²) in [5.74, 6) is 0.671. The third-order valence-corrected chi connectivity index (χ3v) is 7.83. The van der Waals surface area contributed by atoms with Crippen LogP contribution in [-0.4, -0.2) is 37.6 Å². The molecule has 0 spiro atoms. The number of thioether (sulfide) groups is 1. The van der Waals surface area contributed by atoms with Crippen LogP contribution in [0.15, 0.2) is 84.3 Å². The van der Waals surface area contributed by atoms with Gasteiger partial charge in [-0.2, -0.15) is 0 Å². The molecule has 0 aliphatic carbocycles. The van der Waals surface area contributed by atoms with Gasteiger partial charge < -0.3 is 24.5 Å². The van der Waals surface area contributed by atoms with E-state index in [1.165, 1.54) is 6.92 Å². The van der Waals surface area contributed by atoms with Crippen LogP contribution < -0.4 is 5.32 Å². The number of hydrogen-bond acceptors (Lipinski definition) is 7. The van der Waals surface area contributed by atoms with Crippen LogP contribution >= 0.6 is 11.8 Å². The van der Waals surface area contributed by atoms with Crippen LogP contribution in [0.2, 0.25) is 0 Å². The smallest absolute Gasteiger partial charge is 0.217 e. The Morgan fingerprint density at radius 2 is 1.79 bits per heavy atom. The van der Waals surface area contributed by atoms with Crippen LogP contribution in [0.4, 0.5) is 0 Å². The second kappa shape index (κ2) is 12.6. The van der Waals surface area contributed by atoms with E-state index in [2.05, 4.69) is 39.8 Å². The molecular weight excluding hydrogens is 512 g/mol. The van der Waals surface area contributed by atoms with Gasteiger partial charge in [-0.3, -0.25) is 4.79 Å². The first-order valence-corrected chi connectivity index (χ1v) is 13.9. The molecule has 0 bridgehead atoms. The minimum Gasteiger partial charge on any atom is -0.392 e. The molecule has 2 N–H and O–H groups in total. The molecule has 1 saturated heterocycles. The lowest BCUT2D eigenvalue weighted by Crippen LogP contribution is -2.31. The Morgan fingerprint density at radius 3 is 2.49 bits per heavy atom. The minimum atomic E-state index is -0.522. The lowest BCUT2D eigenvalue weighted by Gasteiger charge is -2.36. The fraction of sp³-hybridized carbons (Fsp3) is 0.300. The Bertz CT molecular complexity index is 1390. The highest BCUT2D eigenvalue weighted by Crippen LogP contribution is 2.39. The molecule has 1 aromatic heterocycles. The number of rotatable bonds is 9. The van der Waals surface area contributed by atoms with Crippen LogP contribution in [0.25, 0.3) is 11.1 Å². The van der Waals surface area contributed by atoms with Crippen molar-refractivity contribution in [1.82, 2.24) is 20.1 Å². The molecule has 202 valence electrons. The number of carbonyl (C=O) groups is 1. The molecule has 9 heteroatoms. The van der Waals surface area contributed by atoms with E-state index in [0.29, 0.717) is 13.0 Å². The third-order valence-electron chi connectivity index (χ3n) is 6.67. The summed E-state index contributed by atoms with van der Waals surface area (Å²) in [4.78, 5) is 11.3. The van der Waals surface area contributed by atoms with E-state index < -0.39 is 6.29 Å². The number of nitrogens with zero attached hydrogens (tertiary/aromatic N) is 3. The number of ether oxygens (including phenoxy) is 2. The topological polar surface area (TPSA) is 98.5 Å². The van der Waals surface area contributed by atoms with E-state index in [4.69, 9.17) is 9.47 Å². The highest BCUT2D eigenvalue weighted by Gasteiger charge is 2.32. The van der Waals surface area contributed by atoms with Gasteiger partial charge in [0.2, 0.25) is 5.91 Å². The van der Waals surface area contributed by atoms with Gasteiger partial charge in [0.25, 0.3) is 0 Å². The monoisotopic (exact) mass is 544 g/mol. The van der Waals surface area contributed by atoms with Gasteiger partial charge in [0, 0.05) is 38.3 Å². The average Bonchev–Trinajstić information content (AvgIpc) is 3.39. The van der Waals surface area contributed by atoms with E-state index in [-0.39, 0.29) is 24.7 Å². The van der Waals surface area contributed by atoms with Gasteiger partial charge in [0.05, 0.1) is 18.8 Å². The van der Waals surface area contributed by atoms with Gasteiger partial charge in [-0.25, -0.2) is 0 Å². The molecule has 3 aromatic carbocycles. The Hall–Kier alpha value is -3.50. The van der Waals surface area contributed by atoms with Gasteiger partial charge >= 0.3 is 0 Å². The van der Waals surface area contributed by atoms with Crippen LogP contribution in [-0.2, 0) is 34.5 Å². The zero-order valence-electron chi connectivity index (χ0n) is 22.0. The molecule has 0 saturated carbocycles. The Kier molecular flexibility index (Phi) is 8.73. The zero-order chi connectivity index (χ0) is 27.2. The normalized spacial score (nSPS) is 19.1. The largest absolute Gasteiger partial charge is 0.392 e. The summed E-state index contributed by atoms with van der Waals surface area (Å²) in [6, 6.07) is 24.3. The molecule has 1 amide bonds. The summed E-state index contributed by atoms with van der Waals surface area (Å²) in [5, 5.41) is 21.3. The molecule has 8 nitrogen and oxygen atoms in total. The first-order chi connectivity index (χ1) is 19.0. The predicted molar refractivity (Wildman–Crippen MR) is 150 cm³/mol. The fourth-order valence-corrected chi connectivity index (χ4v) is 5.42. The number of nitrogens with one attached hydrogen (secondary N) is 1. The van der Waals surface area contributed by atoms with Gasteiger partial charge in [0.1, 0.15) is 6.33 Å². The Morgan fingerprint density at radius 1 is 1.03 bits per heavy atom. The van der Waals surface area contributed by atoms with E-state index in [1.807, 2.05) is 60.1 Å². The molecular formula is C30H32N4O4S. The SMILES string of the molecule is CC(=O)NCc1cccc(-c2ccc(C3OC(CSc4nncn4C)CC(c4ccc(CO)cc4)O3)cc2)c1. The maximum Gasteiger partial charge on any atom is 0.217 e. The highest BCUT2D eigenvalue weighted by molar-refractivity contribution is 7.99. The van der Waals surface area contributed by atoms with Gasteiger partial charge in [-0.05, 0) is 33.9 Å². The van der Waals surface area contributed by atoms with Gasteiger partial charge in [-0.15, -0.1) is 10.2 Å². The van der Waals surface area contributed by atoms with Crippen LogP contribution in [0.5, 0.6) is 0 Å². The van der Waals surface area contributed by atoms with Crippen molar-refractivity contribution >= 4 is 17.7 Å². The van der Waals surface area contributed by atoms with Crippen molar-refractivity contribution < 1.29 is 19.4 Å². The Labute approximate surface area is 232 Å². The second-order valence-corrected chi connectivity index (χ2v) is 10.6. The predicted octanol–water partition coefficient (Wildman–Crippen LogP) is 4.95. The molecule has 39 heavy (non-hydrogen) atoms. The minimum absolute atomic E-state index is 0.0109. The van der Waals surface area contributed by atoms with E-state index >= 15 is 0 Å². The standard InChI is InChI=1S/C30H32N4O4S/c1-20(36)31-16-22-4-3-5-26(14-22)23-10-12-25(13-11-23)29-37-27(18-39-30-33-32-19-34(30)2)15-28(38-29)24-8-6-21(17-35)7-9-24/h3-14,19,27-29,35H,15-18H2,1-2H3,(H,31,36). The van der Waals surface area contributed by atoms with Crippen molar-refractivity contribution in [1.29, 1.82) is 0 Å². The van der Waals surface area contributed by atoms with Crippen molar-refractivity contribution in [2.45, 2.75) is 50.2 Å². The van der Waals surface area contributed by atoms with Gasteiger partial charge in [0.15, 0.2) is 11.4 Å². The van der Waals surface area contributed by atoms with Gasteiger partial charge in [-0.1, -0.05) is 78.5 Å². The number of aliphatic hydroxyl groups is 1. The van der Waals surface area contributed by atoms with Crippen LogP contribution in [0.1, 0.15) is 48.0 Å². The van der Waals surface area contributed by atoms with E-state index in [0.717, 1.165) is 44.3 Å². The molecule has 1 aliphatic rings. The van der Waals surface area contributed by atoms with Crippen LogP contribution in [0.3, 0.4) is 0 Å². The summed E-state index contributed by atoms with van der Waals surface area (Å²) in [7, 11) is 1.93. The highest BCUT2D eigenvalue weighted by atomic mass is 32.2. The number of carbonyl (C=O) groups excluding carboxylic acids is 1. The quantitative estimate of drug-likeness (QED) is 0.288. The lowest BCUT2D eigenvalue weighted by atomic mass is 9.99. The molecule has 1 fully saturated rings. The van der Waals surface area contributed by atoms with Crippen molar-refractivity contribution in [3.05, 3.63) is 101 Å². The number of aliphatic hydroxyl groups excluding tert-OH is 1. The lowest BCUT2D eigenvalue weighted by molar-refractivity contribution is -0.245. The first kappa shape index (κ1) is 27.1. The number of aryl methyl sites for hydroxylation is 1. The summed E-state index contributed by atoms with van der Waals surface area (Å²) in [6.07, 6.45) is 1.67. The number of aromatic nitrogens is 3. The van der Waals surface area contributed by atoms with Crippen LogP contribution in [0, 0.1) is 0 Å². The fourth-order valence-electron chi connectivity index (χ4n) is 4.51. The molecule has 4 aromatic rings. The number of benzene rings is 3. The zero-order valence-corrected chi connectivity index (χ0v) is 22.8. The first-order valence-electron chi connectivity index (χ1n) is 12.9. The van der Waals surface area contributed by atoms with Crippen molar-refractivity contribution in [2.24, 2.45) is 7.05 Å². The number of hydrogen-bond donors (Lipinski definition) is 2. The van der Waals surface area contributed by atoms with E-state index in [9.17, 15) is 9.90 Å². The molecule has 3 unspecified atom stereocenters. The molecule has 2 heterocycles. The molecule has 3 atom stereocenters. The summed E-state index contributed by atoms with van der Waals surface area (Å²) >= 11 is 1.62. The summed E-state index contributed by atoms with van der Waals surface area (Å²) < 4.78 is 14.8. The molecule has 0 radical (unpaired) electrons. The van der Waals surface area contributed by atoms with Crippen molar-refractivity contribution in [3.8, 4) is 11.1 Å².